The summed E-state index contributed by atoms with van der Waals surface area (Å²) in [5.74, 6) is 1.26. The Balaban J connectivity index is 1.87. The molecule has 6 heteroatoms. The molecular weight excluding hydrogens is 275 g/mol. The zero-order valence-corrected chi connectivity index (χ0v) is 12.7. The minimum atomic E-state index is -0.0515. The van der Waals surface area contributed by atoms with Gasteiger partial charge in [0.05, 0.1) is 5.69 Å². The lowest BCUT2D eigenvalue weighted by molar-refractivity contribution is 0.139. The van der Waals surface area contributed by atoms with Gasteiger partial charge in [0.2, 0.25) is 0 Å². The van der Waals surface area contributed by atoms with Crippen LogP contribution in [0.4, 0.5) is 5.82 Å². The number of fused-ring (bicyclic) bond motifs is 1. The molecule has 5 nitrogen and oxygen atoms in total. The molecule has 2 aliphatic heterocycles. The van der Waals surface area contributed by atoms with E-state index >= 15 is 0 Å². The van der Waals surface area contributed by atoms with Crippen molar-refractivity contribution in [2.24, 2.45) is 5.92 Å². The maximum atomic E-state index is 9.70. The van der Waals surface area contributed by atoms with Crippen LogP contribution in [0.15, 0.2) is 37.1 Å². The molecule has 0 aromatic carbocycles. The van der Waals surface area contributed by atoms with Gasteiger partial charge in [-0.15, -0.1) is 10.2 Å². The van der Waals surface area contributed by atoms with E-state index in [4.69, 9.17) is 7.98 Å². The maximum Gasteiger partial charge on any atom is 0.182 e. The molecule has 0 saturated carbocycles. The van der Waals surface area contributed by atoms with Crippen LogP contribution in [-0.2, 0) is 6.42 Å². The second-order valence-corrected chi connectivity index (χ2v) is 6.24. The van der Waals surface area contributed by atoms with Crippen LogP contribution in [-0.4, -0.2) is 46.7 Å². The predicted octanol–water partition coefficient (Wildman–Crippen LogP) is 1.86. The Bertz CT molecular complexity index is 666. The molecule has 1 aromatic heterocycles. The van der Waals surface area contributed by atoms with Gasteiger partial charge >= 0.3 is 0 Å². The molecule has 1 fully saturated rings. The minimum Gasteiger partial charge on any atom is -0.508 e. The van der Waals surface area contributed by atoms with Gasteiger partial charge in [0.25, 0.3) is 0 Å². The molecule has 0 aliphatic carbocycles. The summed E-state index contributed by atoms with van der Waals surface area (Å²) in [5, 5.41) is 21.6. The largest absolute Gasteiger partial charge is 0.508 e. The molecule has 2 aliphatic rings. The zero-order chi connectivity index (χ0) is 15.9. The van der Waals surface area contributed by atoms with Crippen molar-refractivity contribution in [1.29, 1.82) is 0 Å². The SMILES string of the molecule is [B]N1CC(C2(C)Cc3cc(/C(=C/C=C)C(=C)O)nnc3N2)C1. The summed E-state index contributed by atoms with van der Waals surface area (Å²) in [5.41, 5.74) is 2.19. The van der Waals surface area contributed by atoms with Crippen LogP contribution in [0.1, 0.15) is 18.2 Å². The number of anilines is 1. The van der Waals surface area contributed by atoms with E-state index in [2.05, 4.69) is 35.6 Å². The third-order valence-electron chi connectivity index (χ3n) is 4.52. The van der Waals surface area contributed by atoms with E-state index in [-0.39, 0.29) is 11.3 Å². The summed E-state index contributed by atoms with van der Waals surface area (Å²) in [6.07, 6.45) is 4.14. The third kappa shape index (κ3) is 2.43. The number of hydrogen-bond acceptors (Lipinski definition) is 5. The third-order valence-corrected chi connectivity index (χ3v) is 4.52. The van der Waals surface area contributed by atoms with Crippen LogP contribution in [0.2, 0.25) is 0 Å². The number of aliphatic hydroxyl groups is 1. The fourth-order valence-corrected chi connectivity index (χ4v) is 3.12. The highest BCUT2D eigenvalue weighted by molar-refractivity contribution is 6.04. The fourth-order valence-electron chi connectivity index (χ4n) is 3.12. The average Bonchev–Trinajstić information content (AvgIpc) is 2.77. The fraction of sp³-hybridized carbons (Fsp3) is 0.375. The van der Waals surface area contributed by atoms with E-state index < -0.39 is 0 Å². The van der Waals surface area contributed by atoms with Crippen molar-refractivity contribution in [3.8, 4) is 0 Å². The highest BCUT2D eigenvalue weighted by Crippen LogP contribution is 2.39. The van der Waals surface area contributed by atoms with Crippen molar-refractivity contribution in [3.63, 3.8) is 0 Å². The van der Waals surface area contributed by atoms with Crippen molar-refractivity contribution in [2.45, 2.75) is 18.9 Å². The van der Waals surface area contributed by atoms with Gasteiger partial charge in [-0.1, -0.05) is 19.2 Å². The number of nitrogens with one attached hydrogen (secondary N) is 1. The van der Waals surface area contributed by atoms with Crippen LogP contribution < -0.4 is 5.32 Å². The van der Waals surface area contributed by atoms with Gasteiger partial charge in [-0.3, -0.25) is 0 Å². The summed E-state index contributed by atoms with van der Waals surface area (Å²) < 4.78 is 0. The lowest BCUT2D eigenvalue weighted by Gasteiger charge is -2.46. The molecule has 2 radical (unpaired) electrons. The number of nitrogens with zero attached hydrogens (tertiary/aromatic N) is 3. The Kier molecular flexibility index (Phi) is 3.57. The van der Waals surface area contributed by atoms with Gasteiger partial charge < -0.3 is 15.2 Å². The van der Waals surface area contributed by atoms with E-state index in [1.54, 1.807) is 12.2 Å². The lowest BCUT2D eigenvalue weighted by Crippen LogP contribution is -2.58. The second-order valence-electron chi connectivity index (χ2n) is 6.24. The first kappa shape index (κ1) is 14.8. The Hall–Kier alpha value is -2.08. The summed E-state index contributed by atoms with van der Waals surface area (Å²) in [6.45, 7) is 11.2. The van der Waals surface area contributed by atoms with Crippen molar-refractivity contribution < 1.29 is 5.11 Å². The lowest BCUT2D eigenvalue weighted by atomic mass is 9.77. The van der Waals surface area contributed by atoms with Crippen LogP contribution >= 0.6 is 0 Å². The smallest absolute Gasteiger partial charge is 0.182 e. The van der Waals surface area contributed by atoms with Gasteiger partial charge in [0, 0.05) is 22.6 Å². The van der Waals surface area contributed by atoms with E-state index in [1.807, 2.05) is 10.9 Å². The van der Waals surface area contributed by atoms with Crippen molar-refractivity contribution >= 4 is 19.4 Å². The van der Waals surface area contributed by atoms with Gasteiger partial charge in [-0.05, 0) is 38.6 Å². The molecule has 22 heavy (non-hydrogen) atoms. The first-order chi connectivity index (χ1) is 10.4. The van der Waals surface area contributed by atoms with Gasteiger partial charge in [0.15, 0.2) is 13.8 Å². The van der Waals surface area contributed by atoms with Gasteiger partial charge in [-0.25, -0.2) is 0 Å². The molecule has 1 atom stereocenters. The van der Waals surface area contributed by atoms with Crippen LogP contribution in [0.3, 0.4) is 0 Å². The molecule has 3 rings (SSSR count). The second kappa shape index (κ2) is 5.28. The van der Waals surface area contributed by atoms with E-state index in [0.29, 0.717) is 17.2 Å². The van der Waals surface area contributed by atoms with Gasteiger partial charge in [0.1, 0.15) is 5.76 Å². The quantitative estimate of drug-likeness (QED) is 0.504. The van der Waals surface area contributed by atoms with E-state index in [9.17, 15) is 5.11 Å². The molecule has 112 valence electrons. The molecule has 1 saturated heterocycles. The summed E-state index contributed by atoms with van der Waals surface area (Å²) >= 11 is 0. The Morgan fingerprint density at radius 1 is 1.55 bits per heavy atom. The normalized spacial score (nSPS) is 25.2. The number of hydrogen-bond donors (Lipinski definition) is 2. The summed E-state index contributed by atoms with van der Waals surface area (Å²) in [7, 11) is 5.75. The molecule has 0 bridgehead atoms. The molecule has 2 N–H and O–H groups in total. The van der Waals surface area contributed by atoms with E-state index in [0.717, 1.165) is 30.9 Å². The summed E-state index contributed by atoms with van der Waals surface area (Å²) in [6, 6.07) is 1.95. The standard InChI is InChI=1S/C16H19BN4O/c1-4-5-13(10(2)22)14-6-11-7-16(3,12-8-21(17)9-12)18-15(11)20-19-14/h4-6,12,22H,1-2,7-9H2,3H3,(H,18,20)/b13-5+. The first-order valence-electron chi connectivity index (χ1n) is 7.28. The number of rotatable bonds is 4. The number of aromatic nitrogens is 2. The number of aliphatic hydroxyl groups excluding tert-OH is 1. The molecule has 0 spiro atoms. The summed E-state index contributed by atoms with van der Waals surface area (Å²) in [4.78, 5) is 1.82. The Morgan fingerprint density at radius 2 is 2.27 bits per heavy atom. The van der Waals surface area contributed by atoms with Crippen LogP contribution in [0.25, 0.3) is 5.57 Å². The average molecular weight is 294 g/mol. The van der Waals surface area contributed by atoms with Crippen LogP contribution in [0, 0.1) is 5.92 Å². The van der Waals surface area contributed by atoms with Crippen LogP contribution in [0.5, 0.6) is 0 Å². The topological polar surface area (TPSA) is 61.3 Å². The van der Waals surface area contributed by atoms with Crippen molar-refractivity contribution in [1.82, 2.24) is 15.0 Å². The zero-order valence-electron chi connectivity index (χ0n) is 12.7. The first-order valence-corrected chi connectivity index (χ1v) is 7.28. The molecular formula is C16H19BN4O. The molecule has 1 aromatic rings. The predicted molar refractivity (Wildman–Crippen MR) is 88.5 cm³/mol. The van der Waals surface area contributed by atoms with Crippen molar-refractivity contribution in [3.05, 3.63) is 48.4 Å². The molecule has 3 heterocycles. The Morgan fingerprint density at radius 3 is 2.86 bits per heavy atom. The molecule has 1 unspecified atom stereocenters. The van der Waals surface area contributed by atoms with E-state index in [1.165, 1.54) is 0 Å². The highest BCUT2D eigenvalue weighted by Gasteiger charge is 2.44. The maximum absolute atomic E-state index is 9.70. The Labute approximate surface area is 131 Å². The molecule has 0 amide bonds. The number of allylic oxidation sites excluding steroid dienone is 3. The highest BCUT2D eigenvalue weighted by atomic mass is 16.3. The van der Waals surface area contributed by atoms with Crippen molar-refractivity contribution in [2.75, 3.05) is 18.4 Å². The minimum absolute atomic E-state index is 0.0411. The monoisotopic (exact) mass is 294 g/mol. The van der Waals surface area contributed by atoms with Gasteiger partial charge in [-0.2, -0.15) is 0 Å².